The van der Waals surface area contributed by atoms with Crippen LogP contribution in [0.15, 0.2) is 47.5 Å². The first-order chi connectivity index (χ1) is 14.1. The van der Waals surface area contributed by atoms with Crippen LogP contribution in [0.1, 0.15) is 30.0 Å². The highest BCUT2D eigenvalue weighted by atomic mass is 19.1. The molecule has 1 aliphatic heterocycles. The van der Waals surface area contributed by atoms with Crippen LogP contribution in [0.5, 0.6) is 5.75 Å². The number of hydrogen-bond donors (Lipinski definition) is 2. The molecule has 0 aromatic heterocycles. The van der Waals surface area contributed by atoms with E-state index in [0.717, 1.165) is 43.1 Å². The number of nitrogens with one attached hydrogen (secondary N) is 2. The maximum atomic E-state index is 13.1. The number of guanidine groups is 1. The van der Waals surface area contributed by atoms with Gasteiger partial charge in [-0.25, -0.2) is 9.38 Å². The third-order valence-corrected chi connectivity index (χ3v) is 4.84. The Morgan fingerprint density at radius 2 is 2.03 bits per heavy atom. The number of hydrogen-bond acceptors (Lipinski definition) is 3. The number of ether oxygens (including phenoxy) is 2. The molecule has 1 aliphatic rings. The molecule has 29 heavy (non-hydrogen) atoms. The lowest BCUT2D eigenvalue weighted by Gasteiger charge is -2.17. The first-order valence-electron chi connectivity index (χ1n) is 10.2. The Morgan fingerprint density at radius 1 is 1.21 bits per heavy atom. The van der Waals surface area contributed by atoms with E-state index in [2.05, 4.69) is 40.7 Å². The lowest BCUT2D eigenvalue weighted by atomic mass is 10.1. The SMILES string of the molecule is CCNC(=NCc1ccc(F)cc1)NCc1ccc(C)cc1OCC1CCOC1. The Morgan fingerprint density at radius 3 is 2.76 bits per heavy atom. The molecule has 0 bridgehead atoms. The summed E-state index contributed by atoms with van der Waals surface area (Å²) in [6.45, 7) is 8.22. The zero-order chi connectivity index (χ0) is 20.5. The number of aliphatic imine (C=N–C) groups is 1. The van der Waals surface area contributed by atoms with Gasteiger partial charge in [-0.2, -0.15) is 0 Å². The van der Waals surface area contributed by atoms with E-state index in [4.69, 9.17) is 9.47 Å². The number of halogens is 1. The van der Waals surface area contributed by atoms with Crippen LogP contribution in [-0.2, 0) is 17.8 Å². The van der Waals surface area contributed by atoms with Crippen LogP contribution in [-0.4, -0.2) is 32.3 Å². The van der Waals surface area contributed by atoms with Gasteiger partial charge in [-0.1, -0.05) is 24.3 Å². The van der Waals surface area contributed by atoms with E-state index < -0.39 is 0 Å². The molecule has 1 atom stereocenters. The average molecular weight is 400 g/mol. The zero-order valence-corrected chi connectivity index (χ0v) is 17.2. The van der Waals surface area contributed by atoms with Crippen molar-refractivity contribution in [3.63, 3.8) is 0 Å². The highest BCUT2D eigenvalue weighted by Crippen LogP contribution is 2.22. The Bertz CT molecular complexity index is 802. The molecule has 1 saturated heterocycles. The van der Waals surface area contributed by atoms with Crippen LogP contribution in [0, 0.1) is 18.7 Å². The number of benzene rings is 2. The first kappa shape index (κ1) is 21.1. The van der Waals surface area contributed by atoms with Crippen molar-refractivity contribution >= 4 is 5.96 Å². The van der Waals surface area contributed by atoms with Crippen molar-refractivity contribution in [1.29, 1.82) is 0 Å². The van der Waals surface area contributed by atoms with Crippen LogP contribution in [0.2, 0.25) is 0 Å². The molecule has 0 aliphatic carbocycles. The molecule has 0 spiro atoms. The van der Waals surface area contributed by atoms with Gasteiger partial charge in [-0.3, -0.25) is 0 Å². The quantitative estimate of drug-likeness (QED) is 0.524. The van der Waals surface area contributed by atoms with E-state index in [1.807, 2.05) is 6.92 Å². The Labute approximate surface area is 172 Å². The van der Waals surface area contributed by atoms with Gasteiger partial charge in [0.2, 0.25) is 0 Å². The van der Waals surface area contributed by atoms with Crippen molar-refractivity contribution in [3.8, 4) is 5.75 Å². The normalized spacial score (nSPS) is 16.7. The van der Waals surface area contributed by atoms with Crippen molar-refractivity contribution in [1.82, 2.24) is 10.6 Å². The topological polar surface area (TPSA) is 54.9 Å². The van der Waals surface area contributed by atoms with Crippen molar-refractivity contribution < 1.29 is 13.9 Å². The van der Waals surface area contributed by atoms with E-state index in [1.165, 1.54) is 17.7 Å². The lowest BCUT2D eigenvalue weighted by molar-refractivity contribution is 0.166. The van der Waals surface area contributed by atoms with Crippen molar-refractivity contribution in [2.75, 3.05) is 26.4 Å². The molecule has 0 amide bonds. The van der Waals surface area contributed by atoms with Gasteiger partial charge in [0.05, 0.1) is 19.8 Å². The second-order valence-electron chi connectivity index (χ2n) is 7.33. The summed E-state index contributed by atoms with van der Waals surface area (Å²) in [6.07, 6.45) is 1.06. The molecule has 1 unspecified atom stereocenters. The summed E-state index contributed by atoms with van der Waals surface area (Å²) in [7, 11) is 0. The minimum atomic E-state index is -0.237. The second kappa shape index (κ2) is 10.8. The first-order valence-corrected chi connectivity index (χ1v) is 10.2. The molecule has 3 rings (SSSR count). The predicted molar refractivity (Wildman–Crippen MR) is 114 cm³/mol. The van der Waals surface area contributed by atoms with Crippen molar-refractivity contribution in [3.05, 3.63) is 65.0 Å². The smallest absolute Gasteiger partial charge is 0.191 e. The predicted octanol–water partition coefficient (Wildman–Crippen LogP) is 3.80. The number of aryl methyl sites for hydroxylation is 1. The van der Waals surface area contributed by atoms with Gasteiger partial charge in [0.1, 0.15) is 11.6 Å². The van der Waals surface area contributed by atoms with Crippen LogP contribution in [0.3, 0.4) is 0 Å². The average Bonchev–Trinajstić information content (AvgIpc) is 3.24. The fourth-order valence-electron chi connectivity index (χ4n) is 3.15. The summed E-state index contributed by atoms with van der Waals surface area (Å²) in [4.78, 5) is 4.60. The van der Waals surface area contributed by atoms with Gasteiger partial charge in [-0.05, 0) is 49.6 Å². The zero-order valence-electron chi connectivity index (χ0n) is 17.2. The molecule has 0 saturated carbocycles. The van der Waals surface area contributed by atoms with Gasteiger partial charge in [0.25, 0.3) is 0 Å². The molecule has 2 aromatic rings. The molecule has 2 aromatic carbocycles. The van der Waals surface area contributed by atoms with Crippen LogP contribution in [0.25, 0.3) is 0 Å². The van der Waals surface area contributed by atoms with E-state index in [9.17, 15) is 4.39 Å². The molecule has 1 heterocycles. The highest BCUT2D eigenvalue weighted by molar-refractivity contribution is 5.79. The van der Waals surface area contributed by atoms with Gasteiger partial charge >= 0.3 is 0 Å². The molecule has 5 nitrogen and oxygen atoms in total. The monoisotopic (exact) mass is 399 g/mol. The third kappa shape index (κ3) is 6.75. The fourth-order valence-corrected chi connectivity index (χ4v) is 3.15. The summed E-state index contributed by atoms with van der Waals surface area (Å²) in [5.41, 5.74) is 3.21. The van der Waals surface area contributed by atoms with Crippen molar-refractivity contribution in [2.24, 2.45) is 10.9 Å². The van der Waals surface area contributed by atoms with Gasteiger partial charge in [0.15, 0.2) is 5.96 Å². The maximum Gasteiger partial charge on any atom is 0.191 e. The summed E-state index contributed by atoms with van der Waals surface area (Å²) in [6, 6.07) is 12.7. The summed E-state index contributed by atoms with van der Waals surface area (Å²) < 4.78 is 24.6. The minimum absolute atomic E-state index is 0.237. The lowest BCUT2D eigenvalue weighted by Crippen LogP contribution is -2.36. The van der Waals surface area contributed by atoms with Crippen molar-refractivity contribution in [2.45, 2.75) is 33.4 Å². The standard InChI is InChI=1S/C23H30FN3O2/c1-3-25-23(26-13-18-5-8-21(24)9-6-18)27-14-20-7-4-17(2)12-22(20)29-16-19-10-11-28-15-19/h4-9,12,19H,3,10-11,13-16H2,1-2H3,(H2,25,26,27). The second-order valence-corrected chi connectivity index (χ2v) is 7.33. The Kier molecular flexibility index (Phi) is 7.87. The molecule has 156 valence electrons. The van der Waals surface area contributed by atoms with E-state index in [0.29, 0.717) is 31.6 Å². The van der Waals surface area contributed by atoms with Gasteiger partial charge in [-0.15, -0.1) is 0 Å². The number of nitrogens with zero attached hydrogens (tertiary/aromatic N) is 1. The molecule has 6 heteroatoms. The maximum absolute atomic E-state index is 13.1. The summed E-state index contributed by atoms with van der Waals surface area (Å²) >= 11 is 0. The molecule has 1 fully saturated rings. The summed E-state index contributed by atoms with van der Waals surface area (Å²) in [5, 5.41) is 6.62. The molecule has 2 N–H and O–H groups in total. The van der Waals surface area contributed by atoms with Crippen LogP contribution < -0.4 is 15.4 Å². The number of rotatable bonds is 8. The Balaban J connectivity index is 1.62. The Hall–Kier alpha value is -2.60. The molecular weight excluding hydrogens is 369 g/mol. The van der Waals surface area contributed by atoms with E-state index in [-0.39, 0.29) is 5.82 Å². The minimum Gasteiger partial charge on any atom is -0.493 e. The van der Waals surface area contributed by atoms with Gasteiger partial charge < -0.3 is 20.1 Å². The highest BCUT2D eigenvalue weighted by Gasteiger charge is 2.17. The summed E-state index contributed by atoms with van der Waals surface area (Å²) in [5.74, 6) is 1.84. The molecular formula is C23H30FN3O2. The van der Waals surface area contributed by atoms with E-state index in [1.54, 1.807) is 12.1 Å². The third-order valence-electron chi connectivity index (χ3n) is 4.84. The van der Waals surface area contributed by atoms with Gasteiger partial charge in [0, 0.05) is 31.2 Å². The fraction of sp³-hybridized carbons (Fsp3) is 0.435. The molecule has 0 radical (unpaired) electrons. The van der Waals surface area contributed by atoms with Crippen LogP contribution >= 0.6 is 0 Å². The van der Waals surface area contributed by atoms with Crippen LogP contribution in [0.4, 0.5) is 4.39 Å². The van der Waals surface area contributed by atoms with E-state index >= 15 is 0 Å². The largest absolute Gasteiger partial charge is 0.493 e.